The summed E-state index contributed by atoms with van der Waals surface area (Å²) in [7, 11) is 0. The van der Waals surface area contributed by atoms with Gasteiger partial charge in [0.1, 0.15) is 0 Å². The number of hydrogen-bond donors (Lipinski definition) is 0. The molecule has 3 heteroatoms. The molecule has 19 heavy (non-hydrogen) atoms. The van der Waals surface area contributed by atoms with Gasteiger partial charge < -0.3 is 4.48 Å². The van der Waals surface area contributed by atoms with E-state index in [1.54, 1.807) is 0 Å². The molecule has 114 valence electrons. The van der Waals surface area contributed by atoms with Gasteiger partial charge in [-0.2, -0.15) is 0 Å². The van der Waals surface area contributed by atoms with Crippen LogP contribution in [0.3, 0.4) is 0 Å². The molecule has 0 rings (SSSR count). The Kier molecular flexibility index (Phi) is 23.0. The molecule has 0 spiro atoms. The van der Waals surface area contributed by atoms with E-state index in [4.69, 9.17) is 0 Å². The Balaban J connectivity index is -0.00000128. The van der Waals surface area contributed by atoms with E-state index >= 15 is 0 Å². The molecule has 0 bridgehead atoms. The molecule has 0 aliphatic heterocycles. The van der Waals surface area contributed by atoms with Crippen LogP contribution in [-0.4, -0.2) is 60.2 Å². The van der Waals surface area contributed by atoms with Crippen molar-refractivity contribution in [1.82, 2.24) is 0 Å². The van der Waals surface area contributed by atoms with Gasteiger partial charge in [0, 0.05) is 0 Å². The average molecular weight is 303 g/mol. The Bertz CT molecular complexity index is 127. The topological polar surface area (TPSA) is 0 Å². The van der Waals surface area contributed by atoms with E-state index in [2.05, 4.69) is 27.7 Å². The molecule has 0 aromatic heterocycles. The first-order valence-electron chi connectivity index (χ1n) is 8.09. The second kappa shape index (κ2) is 17.3. The van der Waals surface area contributed by atoms with Crippen molar-refractivity contribution in [2.75, 3.05) is 26.2 Å². The van der Waals surface area contributed by atoms with Gasteiger partial charge in [0.15, 0.2) is 0 Å². The molecule has 0 aromatic carbocycles. The zero-order valence-corrected chi connectivity index (χ0v) is 14.2. The molecule has 0 heterocycles. The minimum absolute atomic E-state index is 0. The molecule has 1 nitrogen and oxygen atoms in total. The molecule has 0 saturated heterocycles. The maximum absolute atomic E-state index is 2.33. The third-order valence-electron chi connectivity index (χ3n) is 3.94. The quantitative estimate of drug-likeness (QED) is 0.359. The Morgan fingerprint density at radius 1 is 0.526 bits per heavy atom. The zero-order valence-electron chi connectivity index (χ0n) is 13.3. The maximum atomic E-state index is 2.33. The van der Waals surface area contributed by atoms with Crippen molar-refractivity contribution in [3.8, 4) is 0 Å². The molecular weight excluding hydrogens is 265 g/mol. The van der Waals surface area contributed by atoms with Crippen LogP contribution in [0.1, 0.15) is 79.1 Å². The molecule has 0 unspecified atom stereocenters. The van der Waals surface area contributed by atoms with Gasteiger partial charge in [-0.25, -0.2) is 0 Å². The van der Waals surface area contributed by atoms with Crippen LogP contribution in [0.5, 0.6) is 0 Å². The summed E-state index contributed by atoms with van der Waals surface area (Å²) in [5, 5.41) is 0. The molecule has 0 fully saturated rings. The number of halogens is 1. The van der Waals surface area contributed by atoms with Crippen LogP contribution in [0.4, 0.5) is 0 Å². The van der Waals surface area contributed by atoms with Crippen LogP contribution in [0.25, 0.3) is 0 Å². The number of quaternary nitrogens is 1. The van der Waals surface area contributed by atoms with Crippen molar-refractivity contribution in [2.24, 2.45) is 0 Å². The van der Waals surface area contributed by atoms with Crippen LogP contribution in [0.2, 0.25) is 0 Å². The number of nitrogens with zero attached hydrogens (tertiary/aromatic N) is 1. The molecule has 0 amide bonds. The van der Waals surface area contributed by atoms with E-state index in [-0.39, 0.29) is 42.0 Å². The Morgan fingerprint density at radius 2 is 0.737 bits per heavy atom. The van der Waals surface area contributed by atoms with Gasteiger partial charge >= 0.3 is 29.6 Å². The molecule has 0 atom stereocenters. The monoisotopic (exact) mass is 302 g/mol. The van der Waals surface area contributed by atoms with E-state index in [0.29, 0.717) is 0 Å². The fraction of sp³-hybridized carbons (Fsp3) is 1.00. The summed E-state index contributed by atoms with van der Waals surface area (Å²) in [5.41, 5.74) is 0. The molecule has 0 N–H and O–H groups in total. The van der Waals surface area contributed by atoms with Crippen molar-refractivity contribution in [3.63, 3.8) is 0 Å². The van der Waals surface area contributed by atoms with Gasteiger partial charge in [0.25, 0.3) is 0 Å². The Labute approximate surface area is 151 Å². The van der Waals surface area contributed by atoms with Crippen molar-refractivity contribution in [2.45, 2.75) is 79.1 Å². The average Bonchev–Trinajstić information content (AvgIpc) is 2.37. The van der Waals surface area contributed by atoms with E-state index in [1.165, 1.54) is 82.0 Å². The van der Waals surface area contributed by atoms with Crippen LogP contribution in [-0.2, 0) is 0 Å². The first-order chi connectivity index (χ1) is 8.24. The second-order valence-electron chi connectivity index (χ2n) is 5.65. The predicted molar refractivity (Wildman–Crippen MR) is 93.8 cm³/mol. The summed E-state index contributed by atoms with van der Waals surface area (Å²) in [6, 6.07) is 0. The first kappa shape index (κ1) is 25.2. The van der Waals surface area contributed by atoms with Crippen molar-refractivity contribution in [1.29, 1.82) is 0 Å². The fourth-order valence-electron chi connectivity index (χ4n) is 2.64. The minimum atomic E-state index is 0. The number of unbranched alkanes of at least 4 members (excludes halogenated alkanes) is 4. The first-order valence-corrected chi connectivity index (χ1v) is 8.09. The molecular formula is C16H38ClNNa+. The SMILES string of the molecule is CCCC[N+](CCCC)(CCCC)CCCC.Cl.[NaH]. The van der Waals surface area contributed by atoms with Crippen LogP contribution in [0.15, 0.2) is 0 Å². The van der Waals surface area contributed by atoms with Gasteiger partial charge in [-0.3, -0.25) is 0 Å². The third-order valence-corrected chi connectivity index (χ3v) is 3.94. The van der Waals surface area contributed by atoms with E-state index < -0.39 is 0 Å². The number of rotatable bonds is 12. The standard InChI is InChI=1S/C16H36N.ClH.Na.H/c1-5-9-13-17(14-10-6-2,15-11-7-3)16-12-8-4;;;/h5-16H2,1-4H3;1H;;/q+1;;;. The van der Waals surface area contributed by atoms with E-state index in [1.807, 2.05) is 0 Å². The van der Waals surface area contributed by atoms with Crippen LogP contribution < -0.4 is 0 Å². The van der Waals surface area contributed by atoms with Gasteiger partial charge in [-0.1, -0.05) is 53.4 Å². The Hall–Kier alpha value is 1.25. The van der Waals surface area contributed by atoms with Crippen molar-refractivity contribution >= 4 is 42.0 Å². The third kappa shape index (κ3) is 12.7. The molecule has 0 aliphatic carbocycles. The van der Waals surface area contributed by atoms with Gasteiger partial charge in [0.2, 0.25) is 0 Å². The molecule has 0 saturated carbocycles. The summed E-state index contributed by atoms with van der Waals surface area (Å²) >= 11 is 0. The summed E-state index contributed by atoms with van der Waals surface area (Å²) in [5.74, 6) is 0. The second-order valence-corrected chi connectivity index (χ2v) is 5.65. The van der Waals surface area contributed by atoms with E-state index in [0.717, 1.165) is 0 Å². The summed E-state index contributed by atoms with van der Waals surface area (Å²) in [6.07, 6.45) is 11.1. The van der Waals surface area contributed by atoms with E-state index in [9.17, 15) is 0 Å². The zero-order chi connectivity index (χ0) is 13.0. The van der Waals surface area contributed by atoms with Crippen molar-refractivity contribution < 1.29 is 4.48 Å². The number of hydrogen-bond acceptors (Lipinski definition) is 0. The molecule has 0 radical (unpaired) electrons. The summed E-state index contributed by atoms with van der Waals surface area (Å²) < 4.78 is 1.42. The fourth-order valence-corrected chi connectivity index (χ4v) is 2.64. The Morgan fingerprint density at radius 3 is 0.895 bits per heavy atom. The van der Waals surface area contributed by atoms with Gasteiger partial charge in [-0.05, 0) is 25.7 Å². The predicted octanol–water partition coefficient (Wildman–Crippen LogP) is 4.78. The molecule has 0 aromatic rings. The van der Waals surface area contributed by atoms with Crippen LogP contribution in [0, 0.1) is 0 Å². The van der Waals surface area contributed by atoms with Gasteiger partial charge in [-0.15, -0.1) is 12.4 Å². The van der Waals surface area contributed by atoms with Crippen molar-refractivity contribution in [3.05, 3.63) is 0 Å². The summed E-state index contributed by atoms with van der Waals surface area (Å²) in [6.45, 7) is 15.0. The van der Waals surface area contributed by atoms with Crippen LogP contribution >= 0.6 is 12.4 Å². The summed E-state index contributed by atoms with van der Waals surface area (Å²) in [4.78, 5) is 0. The van der Waals surface area contributed by atoms with Gasteiger partial charge in [0.05, 0.1) is 26.2 Å². The normalized spacial score (nSPS) is 10.7. The molecule has 0 aliphatic rings.